The van der Waals surface area contributed by atoms with Crippen molar-refractivity contribution in [3.8, 4) is 0 Å². The van der Waals surface area contributed by atoms with Crippen molar-refractivity contribution in [1.29, 1.82) is 0 Å². The average Bonchev–Trinajstić information content (AvgIpc) is 2.28. The van der Waals surface area contributed by atoms with Crippen molar-refractivity contribution in [2.75, 3.05) is 0 Å². The highest BCUT2D eigenvalue weighted by Gasteiger charge is 2.11. The fourth-order valence-electron chi connectivity index (χ4n) is 1.51. The molecule has 0 unspecified atom stereocenters. The Morgan fingerprint density at radius 1 is 1.44 bits per heavy atom. The van der Waals surface area contributed by atoms with Gasteiger partial charge in [0.1, 0.15) is 5.69 Å². The van der Waals surface area contributed by atoms with E-state index >= 15 is 0 Å². The molecule has 1 aromatic carbocycles. The van der Waals surface area contributed by atoms with Gasteiger partial charge in [-0.1, -0.05) is 24.3 Å². The summed E-state index contributed by atoms with van der Waals surface area (Å²) in [5.41, 5.74) is 1.30. The van der Waals surface area contributed by atoms with E-state index in [1.54, 1.807) is 6.08 Å². The number of carbonyl (C=O) groups excluding carboxylic acids is 1. The second-order valence-corrected chi connectivity index (χ2v) is 4.28. The van der Waals surface area contributed by atoms with Crippen molar-refractivity contribution in [2.45, 2.75) is 6.42 Å². The van der Waals surface area contributed by atoms with Crippen LogP contribution in [0.2, 0.25) is 0 Å². The summed E-state index contributed by atoms with van der Waals surface area (Å²) in [6.07, 6.45) is 1.90. The summed E-state index contributed by atoms with van der Waals surface area (Å²) in [6.45, 7) is 3.55. The molecule has 0 fully saturated rings. The van der Waals surface area contributed by atoms with Crippen LogP contribution in [0.4, 0.5) is 0 Å². The van der Waals surface area contributed by atoms with E-state index in [0.717, 1.165) is 15.4 Å². The van der Waals surface area contributed by atoms with Gasteiger partial charge in [0.05, 0.1) is 5.52 Å². The Balaban J connectivity index is 2.58. The summed E-state index contributed by atoms with van der Waals surface area (Å²) in [5, 5.41) is 1.02. The van der Waals surface area contributed by atoms with Gasteiger partial charge in [-0.15, -0.1) is 6.58 Å². The molecule has 0 spiro atoms. The molecule has 0 atom stereocenters. The predicted octanol–water partition coefficient (Wildman–Crippen LogP) is 3.76. The Morgan fingerprint density at radius 2 is 2.19 bits per heavy atom. The van der Waals surface area contributed by atoms with Gasteiger partial charge in [-0.05, 0) is 28.1 Å². The summed E-state index contributed by atoms with van der Waals surface area (Å²) in [7, 11) is 0. The summed E-state index contributed by atoms with van der Waals surface area (Å²) in [4.78, 5) is 16.1. The van der Waals surface area contributed by atoms with Gasteiger partial charge in [0.25, 0.3) is 0 Å². The number of allylic oxidation sites excluding steroid dienone is 1. The Kier molecular flexibility index (Phi) is 3.15. The third-order valence-corrected chi connectivity index (χ3v) is 2.88. The largest absolute Gasteiger partial charge is 0.292 e. The first-order chi connectivity index (χ1) is 7.72. The Bertz CT molecular complexity index is 563. The first-order valence-corrected chi connectivity index (χ1v) is 5.71. The van der Waals surface area contributed by atoms with Crippen LogP contribution in [0.1, 0.15) is 16.9 Å². The number of fused-ring (bicyclic) bond motifs is 1. The molecule has 0 radical (unpaired) electrons. The zero-order valence-electron chi connectivity index (χ0n) is 8.61. The number of rotatable bonds is 3. The van der Waals surface area contributed by atoms with Crippen LogP contribution >= 0.6 is 15.9 Å². The van der Waals surface area contributed by atoms with Gasteiger partial charge in [-0.2, -0.15) is 0 Å². The number of aromatic nitrogens is 1. The molecule has 0 bridgehead atoms. The van der Waals surface area contributed by atoms with Crippen LogP contribution in [-0.4, -0.2) is 10.8 Å². The van der Waals surface area contributed by atoms with Crippen LogP contribution in [-0.2, 0) is 0 Å². The molecular weight excluding hydrogens is 266 g/mol. The lowest BCUT2D eigenvalue weighted by Gasteiger charge is -2.03. The second-order valence-electron chi connectivity index (χ2n) is 3.43. The molecule has 3 heteroatoms. The summed E-state index contributed by atoms with van der Waals surface area (Å²) in [5.74, 6) is -0.0207. The summed E-state index contributed by atoms with van der Waals surface area (Å²) >= 11 is 3.37. The molecule has 80 valence electrons. The molecular formula is C13H10BrNO. The average molecular weight is 276 g/mol. The van der Waals surface area contributed by atoms with E-state index in [0.29, 0.717) is 12.1 Å². The molecule has 0 aliphatic heterocycles. The molecule has 2 rings (SSSR count). The predicted molar refractivity (Wildman–Crippen MR) is 68.6 cm³/mol. The van der Waals surface area contributed by atoms with Gasteiger partial charge in [-0.3, -0.25) is 4.79 Å². The van der Waals surface area contributed by atoms with Crippen molar-refractivity contribution < 1.29 is 4.79 Å². The van der Waals surface area contributed by atoms with Crippen molar-refractivity contribution >= 4 is 32.6 Å². The van der Waals surface area contributed by atoms with Crippen molar-refractivity contribution in [1.82, 2.24) is 4.98 Å². The molecule has 2 nitrogen and oxygen atoms in total. The fourth-order valence-corrected chi connectivity index (χ4v) is 2.07. The van der Waals surface area contributed by atoms with Gasteiger partial charge in [0.2, 0.25) is 0 Å². The molecule has 0 saturated carbocycles. The molecule has 1 aromatic heterocycles. The SMILES string of the molecule is C=CCC(=O)c1nc2ccccc2cc1Br. The lowest BCUT2D eigenvalue weighted by molar-refractivity contribution is 0.0991. The minimum absolute atomic E-state index is 0.0207. The van der Waals surface area contributed by atoms with E-state index in [1.165, 1.54) is 0 Å². The van der Waals surface area contributed by atoms with Gasteiger partial charge in [0.15, 0.2) is 5.78 Å². The molecule has 2 aromatic rings. The van der Waals surface area contributed by atoms with E-state index in [4.69, 9.17) is 0 Å². The van der Waals surface area contributed by atoms with Crippen LogP contribution in [0, 0.1) is 0 Å². The zero-order valence-corrected chi connectivity index (χ0v) is 10.2. The lowest BCUT2D eigenvalue weighted by Crippen LogP contribution is -2.02. The number of nitrogens with zero attached hydrogens (tertiary/aromatic N) is 1. The molecule has 0 amide bonds. The number of hydrogen-bond acceptors (Lipinski definition) is 2. The Morgan fingerprint density at radius 3 is 2.94 bits per heavy atom. The molecule has 16 heavy (non-hydrogen) atoms. The van der Waals surface area contributed by atoms with Crippen LogP contribution in [0.3, 0.4) is 0 Å². The zero-order chi connectivity index (χ0) is 11.5. The second kappa shape index (κ2) is 4.58. The normalized spacial score (nSPS) is 10.3. The number of Topliss-reactive ketones (excluding diaryl/α,β-unsaturated/α-hetero) is 1. The maximum atomic E-state index is 11.7. The van der Waals surface area contributed by atoms with E-state index in [9.17, 15) is 4.79 Å². The molecule has 1 heterocycles. The number of benzene rings is 1. The minimum atomic E-state index is -0.0207. The third kappa shape index (κ3) is 2.04. The van der Waals surface area contributed by atoms with Crippen LogP contribution < -0.4 is 0 Å². The lowest BCUT2D eigenvalue weighted by atomic mass is 10.1. The van der Waals surface area contributed by atoms with Gasteiger partial charge >= 0.3 is 0 Å². The summed E-state index contributed by atoms with van der Waals surface area (Å²) < 4.78 is 0.734. The van der Waals surface area contributed by atoms with Gasteiger partial charge in [0, 0.05) is 16.3 Å². The maximum Gasteiger partial charge on any atom is 0.186 e. The highest BCUT2D eigenvalue weighted by atomic mass is 79.9. The molecule has 0 saturated heterocycles. The Hall–Kier alpha value is -1.48. The number of carbonyl (C=O) groups is 1. The minimum Gasteiger partial charge on any atom is -0.292 e. The third-order valence-electron chi connectivity index (χ3n) is 2.27. The molecule has 0 aliphatic carbocycles. The Labute approximate surface area is 102 Å². The monoisotopic (exact) mass is 275 g/mol. The van der Waals surface area contributed by atoms with Gasteiger partial charge in [-0.25, -0.2) is 4.98 Å². The van der Waals surface area contributed by atoms with Crippen LogP contribution in [0.15, 0.2) is 47.5 Å². The van der Waals surface area contributed by atoms with Gasteiger partial charge < -0.3 is 0 Å². The van der Waals surface area contributed by atoms with Crippen LogP contribution in [0.25, 0.3) is 10.9 Å². The van der Waals surface area contributed by atoms with E-state index in [1.807, 2.05) is 30.3 Å². The number of hydrogen-bond donors (Lipinski definition) is 0. The molecule has 0 N–H and O–H groups in total. The quantitative estimate of drug-likeness (QED) is 0.631. The fraction of sp³-hybridized carbons (Fsp3) is 0.0769. The molecule has 0 aliphatic rings. The highest BCUT2D eigenvalue weighted by Crippen LogP contribution is 2.22. The first-order valence-electron chi connectivity index (χ1n) is 4.92. The number of para-hydroxylation sites is 1. The van der Waals surface area contributed by atoms with Crippen molar-refractivity contribution in [2.24, 2.45) is 0 Å². The highest BCUT2D eigenvalue weighted by molar-refractivity contribution is 9.10. The van der Waals surface area contributed by atoms with Crippen molar-refractivity contribution in [3.63, 3.8) is 0 Å². The standard InChI is InChI=1S/C13H10BrNO/c1-2-5-12(16)13-10(14)8-9-6-3-4-7-11(9)15-13/h2-4,6-8H,1,5H2. The summed E-state index contributed by atoms with van der Waals surface area (Å²) in [6, 6.07) is 9.63. The smallest absolute Gasteiger partial charge is 0.186 e. The number of ketones is 1. The first kappa shape index (κ1) is 11.0. The number of pyridine rings is 1. The van der Waals surface area contributed by atoms with Crippen molar-refractivity contribution in [3.05, 3.63) is 53.2 Å². The van der Waals surface area contributed by atoms with E-state index in [-0.39, 0.29) is 5.78 Å². The topological polar surface area (TPSA) is 30.0 Å². The van der Waals surface area contributed by atoms with E-state index < -0.39 is 0 Å². The number of halogens is 1. The maximum absolute atomic E-state index is 11.7. The van der Waals surface area contributed by atoms with E-state index in [2.05, 4.69) is 27.5 Å². The van der Waals surface area contributed by atoms with Crippen LogP contribution in [0.5, 0.6) is 0 Å².